The topological polar surface area (TPSA) is 84.7 Å². The van der Waals surface area contributed by atoms with E-state index in [2.05, 4.69) is 5.32 Å². The highest BCUT2D eigenvalue weighted by atomic mass is 19.1. The summed E-state index contributed by atoms with van der Waals surface area (Å²) in [6, 6.07) is 3.90. The van der Waals surface area contributed by atoms with E-state index in [-0.39, 0.29) is 24.7 Å². The molecule has 0 bridgehead atoms. The van der Waals surface area contributed by atoms with Crippen molar-refractivity contribution in [3.8, 4) is 0 Å². The van der Waals surface area contributed by atoms with Crippen LogP contribution in [0.5, 0.6) is 0 Å². The number of ether oxygens (including phenoxy) is 1. The smallest absolute Gasteiger partial charge is 0.249 e. The highest BCUT2D eigenvalue weighted by Gasteiger charge is 2.21. The molecule has 0 unspecified atom stereocenters. The lowest BCUT2D eigenvalue weighted by Crippen LogP contribution is -2.45. The van der Waals surface area contributed by atoms with E-state index >= 15 is 0 Å². The summed E-state index contributed by atoms with van der Waals surface area (Å²) in [5.74, 6) is -1.30. The Balaban J connectivity index is 1.97. The van der Waals surface area contributed by atoms with Crippen molar-refractivity contribution in [2.75, 3.05) is 37.4 Å². The molecule has 1 aliphatic rings. The van der Waals surface area contributed by atoms with E-state index in [1.54, 1.807) is 0 Å². The van der Waals surface area contributed by atoms with Gasteiger partial charge < -0.3 is 20.7 Å². The van der Waals surface area contributed by atoms with Crippen LogP contribution >= 0.6 is 0 Å². The molecule has 2 rings (SSSR count). The molecule has 1 aliphatic heterocycles. The Morgan fingerprint density at radius 3 is 3.05 bits per heavy atom. The van der Waals surface area contributed by atoms with E-state index < -0.39 is 11.7 Å². The fourth-order valence-electron chi connectivity index (χ4n) is 1.72. The first-order valence-corrected chi connectivity index (χ1v) is 5.76. The summed E-state index contributed by atoms with van der Waals surface area (Å²) >= 11 is 0. The van der Waals surface area contributed by atoms with Crippen molar-refractivity contribution in [3.63, 3.8) is 0 Å². The number of anilines is 2. The lowest BCUT2D eigenvalue weighted by Gasteiger charge is -2.26. The predicted molar refractivity (Wildman–Crippen MR) is 66.8 cm³/mol. The van der Waals surface area contributed by atoms with Gasteiger partial charge in [-0.1, -0.05) is 0 Å². The first-order valence-electron chi connectivity index (χ1n) is 5.76. The van der Waals surface area contributed by atoms with Crippen molar-refractivity contribution in [2.24, 2.45) is 0 Å². The maximum atomic E-state index is 13.4. The molecule has 0 aliphatic carbocycles. The van der Waals surface area contributed by atoms with E-state index in [0.29, 0.717) is 18.8 Å². The maximum absolute atomic E-state index is 13.4. The molecule has 0 aromatic heterocycles. The highest BCUT2D eigenvalue weighted by molar-refractivity contribution is 5.95. The largest absolute Gasteiger partial charge is 0.399 e. The summed E-state index contributed by atoms with van der Waals surface area (Å²) in [6.45, 7) is 0.591. The summed E-state index contributed by atoms with van der Waals surface area (Å²) in [4.78, 5) is 24.5. The second-order valence-corrected chi connectivity index (χ2v) is 4.16. The number of nitrogens with zero attached hydrogens (tertiary/aromatic N) is 1. The fourth-order valence-corrected chi connectivity index (χ4v) is 1.72. The zero-order valence-electron chi connectivity index (χ0n) is 10.2. The number of carbonyl (C=O) groups is 2. The van der Waals surface area contributed by atoms with E-state index in [9.17, 15) is 14.0 Å². The number of amides is 2. The molecule has 6 nitrogen and oxygen atoms in total. The molecule has 1 aromatic carbocycles. The van der Waals surface area contributed by atoms with Crippen LogP contribution in [0.4, 0.5) is 15.8 Å². The number of benzene rings is 1. The van der Waals surface area contributed by atoms with Crippen molar-refractivity contribution >= 4 is 23.2 Å². The summed E-state index contributed by atoms with van der Waals surface area (Å²) in [5, 5.41) is 2.39. The molecule has 1 saturated heterocycles. The number of nitrogens with one attached hydrogen (secondary N) is 1. The van der Waals surface area contributed by atoms with Crippen LogP contribution in [0.15, 0.2) is 18.2 Å². The molecule has 1 aromatic rings. The van der Waals surface area contributed by atoms with Gasteiger partial charge in [0, 0.05) is 12.2 Å². The average Bonchev–Trinajstić information content (AvgIpc) is 2.37. The predicted octanol–water partition coefficient (Wildman–Crippen LogP) is 0.205. The van der Waals surface area contributed by atoms with Crippen LogP contribution in [0.2, 0.25) is 0 Å². The summed E-state index contributed by atoms with van der Waals surface area (Å²) in [5.41, 5.74) is 5.86. The maximum Gasteiger partial charge on any atom is 0.249 e. The van der Waals surface area contributed by atoms with Gasteiger partial charge in [-0.15, -0.1) is 0 Å². The van der Waals surface area contributed by atoms with Crippen LogP contribution in [0.1, 0.15) is 0 Å². The Kier molecular flexibility index (Phi) is 3.96. The molecule has 19 heavy (non-hydrogen) atoms. The normalized spacial score (nSPS) is 15.4. The van der Waals surface area contributed by atoms with Crippen molar-refractivity contribution in [1.29, 1.82) is 0 Å². The number of halogens is 1. The van der Waals surface area contributed by atoms with E-state index in [4.69, 9.17) is 10.5 Å². The number of hydrogen-bond donors (Lipinski definition) is 2. The highest BCUT2D eigenvalue weighted by Crippen LogP contribution is 2.17. The van der Waals surface area contributed by atoms with Gasteiger partial charge in [-0.05, 0) is 18.2 Å². The van der Waals surface area contributed by atoms with Crippen LogP contribution in [-0.4, -0.2) is 43.0 Å². The van der Waals surface area contributed by atoms with E-state index in [1.165, 1.54) is 23.1 Å². The van der Waals surface area contributed by atoms with Crippen LogP contribution < -0.4 is 11.1 Å². The third-order valence-corrected chi connectivity index (χ3v) is 2.68. The molecule has 2 amide bonds. The van der Waals surface area contributed by atoms with Crippen LogP contribution in [0.3, 0.4) is 0 Å². The Labute approximate surface area is 109 Å². The van der Waals surface area contributed by atoms with Gasteiger partial charge in [-0.25, -0.2) is 4.39 Å². The Morgan fingerprint density at radius 1 is 1.53 bits per heavy atom. The van der Waals surface area contributed by atoms with Crippen molar-refractivity contribution in [2.45, 2.75) is 0 Å². The summed E-state index contributed by atoms with van der Waals surface area (Å²) < 4.78 is 18.4. The summed E-state index contributed by atoms with van der Waals surface area (Å²) in [6.07, 6.45) is 0. The van der Waals surface area contributed by atoms with Gasteiger partial charge in [0.15, 0.2) is 0 Å². The lowest BCUT2D eigenvalue weighted by atomic mass is 10.2. The molecule has 7 heteroatoms. The second-order valence-electron chi connectivity index (χ2n) is 4.16. The van der Waals surface area contributed by atoms with Gasteiger partial charge in [0.05, 0.1) is 12.3 Å². The van der Waals surface area contributed by atoms with Gasteiger partial charge in [0.2, 0.25) is 11.8 Å². The lowest BCUT2D eigenvalue weighted by molar-refractivity contribution is -0.144. The standard InChI is InChI=1S/C12H14FN3O3/c13-9-2-1-8(14)5-10(9)15-11(17)6-16-3-4-19-7-12(16)18/h1-2,5H,3-4,6-7,14H2,(H,15,17). The van der Waals surface area contributed by atoms with Crippen molar-refractivity contribution in [3.05, 3.63) is 24.0 Å². The van der Waals surface area contributed by atoms with Gasteiger partial charge in [0.1, 0.15) is 19.0 Å². The number of nitrogens with two attached hydrogens (primary N) is 1. The minimum absolute atomic E-state index is 0.00529. The minimum Gasteiger partial charge on any atom is -0.399 e. The summed E-state index contributed by atoms with van der Waals surface area (Å²) in [7, 11) is 0. The Morgan fingerprint density at radius 2 is 2.32 bits per heavy atom. The first-order chi connectivity index (χ1) is 9.06. The van der Waals surface area contributed by atoms with Gasteiger partial charge >= 0.3 is 0 Å². The molecule has 0 atom stereocenters. The average molecular weight is 267 g/mol. The van der Waals surface area contributed by atoms with Crippen LogP contribution in [0.25, 0.3) is 0 Å². The van der Waals surface area contributed by atoms with Gasteiger partial charge in [-0.2, -0.15) is 0 Å². The number of hydrogen-bond acceptors (Lipinski definition) is 4. The number of rotatable bonds is 3. The quantitative estimate of drug-likeness (QED) is 0.766. The molecular weight excluding hydrogens is 253 g/mol. The van der Waals surface area contributed by atoms with Crippen molar-refractivity contribution < 1.29 is 18.7 Å². The van der Waals surface area contributed by atoms with E-state index in [1.807, 2.05) is 0 Å². The van der Waals surface area contributed by atoms with E-state index in [0.717, 1.165) is 0 Å². The molecule has 0 saturated carbocycles. The monoisotopic (exact) mass is 267 g/mol. The Hall–Kier alpha value is -2.15. The zero-order valence-corrected chi connectivity index (χ0v) is 10.2. The molecule has 0 spiro atoms. The minimum atomic E-state index is -0.573. The van der Waals surface area contributed by atoms with Crippen LogP contribution in [0, 0.1) is 5.82 Å². The molecular formula is C12H14FN3O3. The molecule has 0 radical (unpaired) electrons. The number of carbonyl (C=O) groups excluding carboxylic acids is 2. The van der Waals surface area contributed by atoms with Gasteiger partial charge in [0.25, 0.3) is 0 Å². The number of morpholine rings is 1. The zero-order chi connectivity index (χ0) is 13.8. The molecule has 3 N–H and O–H groups in total. The SMILES string of the molecule is Nc1ccc(F)c(NC(=O)CN2CCOCC2=O)c1. The second kappa shape index (κ2) is 5.66. The third-order valence-electron chi connectivity index (χ3n) is 2.68. The first kappa shape index (κ1) is 13.3. The van der Waals surface area contributed by atoms with Crippen LogP contribution in [-0.2, 0) is 14.3 Å². The van der Waals surface area contributed by atoms with Crippen molar-refractivity contribution in [1.82, 2.24) is 4.90 Å². The Bertz CT molecular complexity index is 507. The molecule has 102 valence electrons. The number of nitrogen functional groups attached to an aromatic ring is 1. The molecule has 1 heterocycles. The van der Waals surface area contributed by atoms with Gasteiger partial charge in [-0.3, -0.25) is 9.59 Å². The fraction of sp³-hybridized carbons (Fsp3) is 0.333. The third kappa shape index (κ3) is 3.41. The molecule has 1 fully saturated rings.